The van der Waals surface area contributed by atoms with Crippen molar-refractivity contribution in [3.05, 3.63) is 40.5 Å². The Morgan fingerprint density at radius 3 is 2.33 bits per heavy atom. The highest BCUT2D eigenvalue weighted by Crippen LogP contribution is 2.39. The van der Waals surface area contributed by atoms with Gasteiger partial charge < -0.3 is 5.32 Å². The van der Waals surface area contributed by atoms with Gasteiger partial charge in [0.1, 0.15) is 0 Å². The van der Waals surface area contributed by atoms with Crippen molar-refractivity contribution in [2.24, 2.45) is 5.41 Å². The number of nitrogens with one attached hydrogen (secondary N) is 1. The van der Waals surface area contributed by atoms with Crippen LogP contribution in [-0.4, -0.2) is 13.6 Å². The first-order chi connectivity index (χ1) is 11.4. The Bertz CT molecular complexity index is 532. The average Bonchev–Trinajstić information content (AvgIpc) is 2.52. The second-order valence-corrected chi connectivity index (χ2v) is 8.01. The molecule has 0 unspecified atom stereocenters. The van der Waals surface area contributed by atoms with Crippen molar-refractivity contribution in [1.29, 1.82) is 0 Å². The van der Waals surface area contributed by atoms with Gasteiger partial charge in [-0.2, -0.15) is 0 Å². The minimum atomic E-state index is 0.183. The van der Waals surface area contributed by atoms with Crippen molar-refractivity contribution in [2.75, 3.05) is 13.6 Å². The zero-order valence-electron chi connectivity index (χ0n) is 17.2. The van der Waals surface area contributed by atoms with E-state index in [2.05, 4.69) is 65.1 Å². The highest BCUT2D eigenvalue weighted by molar-refractivity contribution is 5.75. The molecular formula is C23H39N. The maximum absolute atomic E-state index is 3.28. The highest BCUT2D eigenvalue weighted by atomic mass is 14.8. The summed E-state index contributed by atoms with van der Waals surface area (Å²) in [5.74, 6) is 0. The van der Waals surface area contributed by atoms with E-state index in [1.165, 1.54) is 55.2 Å². The van der Waals surface area contributed by atoms with Crippen LogP contribution in [0.25, 0.3) is 5.57 Å². The second kappa shape index (κ2) is 10.0. The fourth-order valence-electron chi connectivity index (χ4n) is 3.63. The lowest BCUT2D eigenvalue weighted by molar-refractivity contribution is 0.564. The second-order valence-electron chi connectivity index (χ2n) is 8.01. The SMILES string of the molecule is C/C=C(\c1c(C)ccc(CCCC)c1CCCCNC)C(C)(C)C. The number of unbranched alkanes of at least 4 members (excludes halogenated alkanes) is 2. The molecule has 0 aliphatic heterocycles. The van der Waals surface area contributed by atoms with Gasteiger partial charge in [0.2, 0.25) is 0 Å². The Morgan fingerprint density at radius 1 is 1.08 bits per heavy atom. The maximum Gasteiger partial charge on any atom is -0.00518 e. The van der Waals surface area contributed by atoms with Gasteiger partial charge in [-0.15, -0.1) is 0 Å². The van der Waals surface area contributed by atoms with Crippen molar-refractivity contribution in [3.8, 4) is 0 Å². The molecule has 0 saturated carbocycles. The molecule has 0 aromatic heterocycles. The van der Waals surface area contributed by atoms with E-state index in [-0.39, 0.29) is 5.41 Å². The molecule has 1 aromatic carbocycles. The summed E-state index contributed by atoms with van der Waals surface area (Å²) < 4.78 is 0. The van der Waals surface area contributed by atoms with Gasteiger partial charge in [-0.1, -0.05) is 52.3 Å². The number of rotatable bonds is 9. The Balaban J connectivity index is 3.31. The van der Waals surface area contributed by atoms with Crippen LogP contribution in [0.4, 0.5) is 0 Å². The van der Waals surface area contributed by atoms with Crippen LogP contribution in [0.2, 0.25) is 0 Å². The lowest BCUT2D eigenvalue weighted by Gasteiger charge is -2.28. The maximum atomic E-state index is 3.28. The normalized spacial score (nSPS) is 12.7. The Hall–Kier alpha value is -1.08. The summed E-state index contributed by atoms with van der Waals surface area (Å²) in [6.45, 7) is 14.9. The third-order valence-electron chi connectivity index (χ3n) is 4.89. The van der Waals surface area contributed by atoms with Crippen molar-refractivity contribution in [2.45, 2.75) is 80.1 Å². The number of allylic oxidation sites excluding steroid dienone is 2. The third-order valence-corrected chi connectivity index (χ3v) is 4.89. The van der Waals surface area contributed by atoms with Crippen LogP contribution in [0, 0.1) is 12.3 Å². The predicted molar refractivity (Wildman–Crippen MR) is 110 cm³/mol. The molecule has 1 rings (SSSR count). The zero-order chi connectivity index (χ0) is 18.2. The average molecular weight is 330 g/mol. The summed E-state index contributed by atoms with van der Waals surface area (Å²) in [5, 5.41) is 3.28. The number of hydrogen-bond donors (Lipinski definition) is 1. The molecule has 0 atom stereocenters. The lowest BCUT2D eigenvalue weighted by atomic mass is 9.76. The van der Waals surface area contributed by atoms with Crippen LogP contribution in [0.3, 0.4) is 0 Å². The van der Waals surface area contributed by atoms with E-state index in [1.807, 2.05) is 7.05 Å². The third kappa shape index (κ3) is 5.77. The molecule has 0 bridgehead atoms. The topological polar surface area (TPSA) is 12.0 Å². The van der Waals surface area contributed by atoms with Crippen molar-refractivity contribution in [1.82, 2.24) is 5.32 Å². The van der Waals surface area contributed by atoms with Crippen LogP contribution in [0.1, 0.15) is 82.6 Å². The largest absolute Gasteiger partial charge is 0.320 e. The molecule has 0 radical (unpaired) electrons. The number of benzene rings is 1. The van der Waals surface area contributed by atoms with Crippen LogP contribution >= 0.6 is 0 Å². The molecule has 0 spiro atoms. The summed E-state index contributed by atoms with van der Waals surface area (Å²) in [5.41, 5.74) is 7.84. The fraction of sp³-hybridized carbons (Fsp3) is 0.652. The molecule has 0 aliphatic carbocycles. The molecule has 1 nitrogen and oxygen atoms in total. The van der Waals surface area contributed by atoms with Gasteiger partial charge >= 0.3 is 0 Å². The van der Waals surface area contributed by atoms with Gasteiger partial charge in [0.25, 0.3) is 0 Å². The number of hydrogen-bond acceptors (Lipinski definition) is 1. The molecule has 0 aliphatic rings. The van der Waals surface area contributed by atoms with E-state index in [0.29, 0.717) is 0 Å². The first kappa shape index (κ1) is 21.0. The van der Waals surface area contributed by atoms with Gasteiger partial charge in [-0.05, 0) is 92.8 Å². The lowest BCUT2D eigenvalue weighted by Crippen LogP contribution is -2.14. The molecule has 1 aromatic rings. The molecule has 136 valence electrons. The summed E-state index contributed by atoms with van der Waals surface area (Å²) in [7, 11) is 2.04. The van der Waals surface area contributed by atoms with Gasteiger partial charge in [0, 0.05) is 0 Å². The number of aryl methyl sites for hydroxylation is 2. The first-order valence-electron chi connectivity index (χ1n) is 9.79. The summed E-state index contributed by atoms with van der Waals surface area (Å²) in [4.78, 5) is 0. The molecule has 24 heavy (non-hydrogen) atoms. The minimum Gasteiger partial charge on any atom is -0.320 e. The van der Waals surface area contributed by atoms with Gasteiger partial charge in [0.05, 0.1) is 0 Å². The molecule has 0 amide bonds. The summed E-state index contributed by atoms with van der Waals surface area (Å²) >= 11 is 0. The van der Waals surface area contributed by atoms with E-state index in [1.54, 1.807) is 11.1 Å². The van der Waals surface area contributed by atoms with E-state index in [4.69, 9.17) is 0 Å². The molecule has 1 N–H and O–H groups in total. The van der Waals surface area contributed by atoms with E-state index < -0.39 is 0 Å². The fourth-order valence-corrected chi connectivity index (χ4v) is 3.63. The molecular weight excluding hydrogens is 290 g/mol. The van der Waals surface area contributed by atoms with Crippen molar-refractivity contribution in [3.63, 3.8) is 0 Å². The molecule has 0 fully saturated rings. The first-order valence-corrected chi connectivity index (χ1v) is 9.79. The zero-order valence-corrected chi connectivity index (χ0v) is 17.2. The van der Waals surface area contributed by atoms with Crippen LogP contribution in [0.15, 0.2) is 18.2 Å². The smallest absolute Gasteiger partial charge is 0.00518 e. The highest BCUT2D eigenvalue weighted by Gasteiger charge is 2.23. The van der Waals surface area contributed by atoms with Gasteiger partial charge in [0.15, 0.2) is 0 Å². The van der Waals surface area contributed by atoms with Crippen LogP contribution in [0.5, 0.6) is 0 Å². The molecule has 1 heteroatoms. The van der Waals surface area contributed by atoms with E-state index in [9.17, 15) is 0 Å². The summed E-state index contributed by atoms with van der Waals surface area (Å²) in [6.07, 6.45) is 9.81. The van der Waals surface area contributed by atoms with Gasteiger partial charge in [-0.3, -0.25) is 0 Å². The van der Waals surface area contributed by atoms with Crippen LogP contribution < -0.4 is 5.32 Å². The van der Waals surface area contributed by atoms with Gasteiger partial charge in [-0.25, -0.2) is 0 Å². The Kier molecular flexibility index (Phi) is 8.76. The van der Waals surface area contributed by atoms with Crippen molar-refractivity contribution >= 4 is 5.57 Å². The van der Waals surface area contributed by atoms with E-state index in [0.717, 1.165) is 6.54 Å². The minimum absolute atomic E-state index is 0.183. The summed E-state index contributed by atoms with van der Waals surface area (Å²) in [6, 6.07) is 4.73. The van der Waals surface area contributed by atoms with Crippen LogP contribution in [-0.2, 0) is 12.8 Å². The van der Waals surface area contributed by atoms with E-state index >= 15 is 0 Å². The monoisotopic (exact) mass is 329 g/mol. The Morgan fingerprint density at radius 2 is 1.79 bits per heavy atom. The quantitative estimate of drug-likeness (QED) is 0.522. The molecule has 0 heterocycles. The van der Waals surface area contributed by atoms with Crippen molar-refractivity contribution < 1.29 is 0 Å². The molecule has 0 saturated heterocycles. The standard InChI is InChI=1S/C23H39N/c1-8-10-13-19-16-15-18(3)22(21(9-2)23(4,5)6)20(19)14-11-12-17-24-7/h9,15-16,24H,8,10-14,17H2,1-7H3/b21-9+. The predicted octanol–water partition coefficient (Wildman–Crippen LogP) is 6.33. The Labute approximate surface area is 150 Å².